The van der Waals surface area contributed by atoms with E-state index in [9.17, 15) is 37.0 Å². The number of carboxylic acid groups (broad SMARTS) is 1. The molecule has 4 atom stereocenters. The van der Waals surface area contributed by atoms with Crippen LogP contribution >= 0.6 is 23.2 Å². The first-order valence-corrected chi connectivity index (χ1v) is 17.2. The van der Waals surface area contributed by atoms with Crippen LogP contribution in [0, 0.1) is 0 Å². The van der Waals surface area contributed by atoms with E-state index in [-0.39, 0.29) is 119 Å². The number of carbonyl (C=O) groups excluding carboxylic acids is 2. The van der Waals surface area contributed by atoms with E-state index in [4.69, 9.17) is 28.0 Å². The minimum Gasteiger partial charge on any atom is -0.859 e. The molecule has 1 aliphatic heterocycles. The van der Waals surface area contributed by atoms with Crippen LogP contribution in [-0.4, -0.2) is 49.4 Å². The minimum atomic E-state index is -4.25. The SMILES string of the molecule is CS(=O)(=O)N[C@H]1CCCC[C@@H]1N1C(=O)c2ccccc2[C@@H](C([O-])=NOCc2cccc(C(F)(F)C(=O)[O-])c2)[C@@H]1c1ccc(Cl)cc1Cl.[K+].[K+]. The summed E-state index contributed by atoms with van der Waals surface area (Å²) in [5.74, 6) is -9.26. The monoisotopic (exact) mass is 785 g/mol. The van der Waals surface area contributed by atoms with Crippen molar-refractivity contribution < 1.29 is 145 Å². The van der Waals surface area contributed by atoms with Gasteiger partial charge in [-0.2, -0.15) is 8.78 Å². The maximum Gasteiger partial charge on any atom is 1.00 e. The molecule has 1 heterocycles. The zero-order valence-corrected chi connectivity index (χ0v) is 35.4. The van der Waals surface area contributed by atoms with E-state index in [1.165, 1.54) is 23.1 Å². The largest absolute Gasteiger partial charge is 1.00 e. The van der Waals surface area contributed by atoms with E-state index in [2.05, 4.69) is 9.88 Å². The summed E-state index contributed by atoms with van der Waals surface area (Å²) >= 11 is 12.9. The van der Waals surface area contributed by atoms with Gasteiger partial charge >= 0.3 is 109 Å². The van der Waals surface area contributed by atoms with Gasteiger partial charge in [-0.3, -0.25) is 4.79 Å². The van der Waals surface area contributed by atoms with Crippen molar-refractivity contribution in [3.05, 3.63) is 105 Å². The number of amides is 1. The molecule has 0 unspecified atom stereocenters. The van der Waals surface area contributed by atoms with E-state index in [0.717, 1.165) is 24.8 Å². The molecule has 1 aliphatic carbocycles. The summed E-state index contributed by atoms with van der Waals surface area (Å²) in [6, 6.07) is 13.1. The summed E-state index contributed by atoms with van der Waals surface area (Å²) in [4.78, 5) is 32.1. The minimum absolute atomic E-state index is 0. The second kappa shape index (κ2) is 18.0. The van der Waals surface area contributed by atoms with Gasteiger partial charge in [0.25, 0.3) is 5.91 Å². The average molecular weight is 787 g/mol. The molecule has 1 fully saturated rings. The average Bonchev–Trinajstić information content (AvgIpc) is 3.01. The van der Waals surface area contributed by atoms with Crippen LogP contribution in [0.5, 0.6) is 0 Å². The molecule has 0 spiro atoms. The maximum atomic E-state index is 14.3. The first-order valence-electron chi connectivity index (χ1n) is 14.6. The Bertz CT molecular complexity index is 1840. The van der Waals surface area contributed by atoms with E-state index >= 15 is 0 Å². The Balaban J connectivity index is 0.00000325. The summed E-state index contributed by atoms with van der Waals surface area (Å²) in [7, 11) is -3.67. The molecule has 10 nitrogen and oxygen atoms in total. The van der Waals surface area contributed by atoms with Crippen molar-refractivity contribution in [2.75, 3.05) is 6.26 Å². The van der Waals surface area contributed by atoms with Crippen LogP contribution in [0.3, 0.4) is 0 Å². The molecular formula is C32H29Cl2F2K2N3O7S. The summed E-state index contributed by atoms with van der Waals surface area (Å²) in [5.41, 5.74) is 0.190. The smallest absolute Gasteiger partial charge is 0.859 e. The molecule has 1 saturated carbocycles. The molecule has 0 aromatic heterocycles. The molecule has 0 radical (unpaired) electrons. The number of aliphatic carboxylic acids is 1. The van der Waals surface area contributed by atoms with Gasteiger partial charge in [-0.25, -0.2) is 13.1 Å². The van der Waals surface area contributed by atoms with Gasteiger partial charge in [0.2, 0.25) is 10.0 Å². The predicted molar refractivity (Wildman–Crippen MR) is 166 cm³/mol. The van der Waals surface area contributed by atoms with Gasteiger partial charge in [-0.15, -0.1) is 5.16 Å². The van der Waals surface area contributed by atoms with Crippen LogP contribution in [0.4, 0.5) is 8.78 Å². The molecule has 5 rings (SSSR count). The fourth-order valence-electron chi connectivity index (χ4n) is 6.31. The molecule has 1 N–H and O–H groups in total. The summed E-state index contributed by atoms with van der Waals surface area (Å²) in [5, 5.41) is 29.2. The van der Waals surface area contributed by atoms with Crippen molar-refractivity contribution in [3.8, 4) is 0 Å². The first kappa shape index (κ1) is 42.9. The van der Waals surface area contributed by atoms with Crippen molar-refractivity contribution in [1.29, 1.82) is 0 Å². The van der Waals surface area contributed by atoms with Crippen LogP contribution in [0.15, 0.2) is 71.9 Å². The molecule has 0 bridgehead atoms. The molecule has 2 aliphatic rings. The third kappa shape index (κ3) is 9.93. The number of nitrogens with zero attached hydrogens (tertiary/aromatic N) is 2. The van der Waals surface area contributed by atoms with Crippen LogP contribution in [0.1, 0.15) is 70.3 Å². The quantitative estimate of drug-likeness (QED) is 0.107. The van der Waals surface area contributed by atoms with Crippen molar-refractivity contribution in [2.24, 2.45) is 5.16 Å². The van der Waals surface area contributed by atoms with Crippen molar-refractivity contribution in [1.82, 2.24) is 9.62 Å². The molecule has 1 amide bonds. The standard InChI is InChI=1S/C32H31Cl2F2N3O7S.2K/c1-47(44,45)38-25-11-4-5-12-26(25)39-28(23-14-13-20(33)16-24(23)34)27(21-9-2-3-10-22(21)30(39)41)29(40)37-46-17-18-7-6-8-19(15-18)32(35,36)31(42)43;;/h2-3,6-10,13-16,25-28,38H,4-5,11-12,17H2,1H3,(H,37,40)(H,42,43);;/q;2*+1/p-2/t25-,26-,27+,28-;;/m0../s1. The number of fused-ring (bicyclic) bond motifs is 1. The van der Waals surface area contributed by atoms with Crippen LogP contribution in [0.2, 0.25) is 10.0 Å². The van der Waals surface area contributed by atoms with Gasteiger partial charge in [0.05, 0.1) is 12.3 Å². The van der Waals surface area contributed by atoms with E-state index in [1.807, 2.05) is 0 Å². The van der Waals surface area contributed by atoms with Crippen molar-refractivity contribution in [3.63, 3.8) is 0 Å². The Hall–Kier alpha value is -0.507. The van der Waals surface area contributed by atoms with Crippen LogP contribution < -0.4 is 118 Å². The van der Waals surface area contributed by atoms with E-state index in [1.54, 1.807) is 36.4 Å². The van der Waals surface area contributed by atoms with E-state index < -0.39 is 69.9 Å². The van der Waals surface area contributed by atoms with Gasteiger partial charge < -0.3 is 24.7 Å². The number of sulfonamides is 1. The molecule has 3 aromatic carbocycles. The van der Waals surface area contributed by atoms with Gasteiger partial charge in [-0.1, -0.05) is 78.5 Å². The molecule has 49 heavy (non-hydrogen) atoms. The number of carbonyl (C=O) groups is 2. The summed E-state index contributed by atoms with van der Waals surface area (Å²) < 4.78 is 55.4. The second-order valence-corrected chi connectivity index (χ2v) is 14.1. The Kier molecular flexibility index (Phi) is 15.8. The number of hydrogen-bond donors (Lipinski definition) is 1. The normalized spacial score (nSPS) is 21.2. The van der Waals surface area contributed by atoms with Gasteiger partial charge in [0.15, 0.2) is 0 Å². The first-order chi connectivity index (χ1) is 22.2. The van der Waals surface area contributed by atoms with Crippen molar-refractivity contribution in [2.45, 2.75) is 62.3 Å². The van der Waals surface area contributed by atoms with Crippen LogP contribution in [-0.2, 0) is 32.2 Å². The topological polar surface area (TPSA) is 151 Å². The third-order valence-electron chi connectivity index (χ3n) is 8.31. The number of carboxylic acids is 1. The molecule has 17 heteroatoms. The molecule has 250 valence electrons. The number of nitrogens with one attached hydrogen (secondary N) is 1. The number of rotatable bonds is 10. The Labute approximate surface area is 377 Å². The van der Waals surface area contributed by atoms with Gasteiger partial charge in [0.1, 0.15) is 12.6 Å². The number of halogens is 4. The zero-order valence-electron chi connectivity index (χ0n) is 26.9. The van der Waals surface area contributed by atoms with Crippen molar-refractivity contribution >= 4 is 51.0 Å². The Morgan fingerprint density at radius 3 is 2.39 bits per heavy atom. The molecule has 3 aromatic rings. The molecular weight excluding hydrogens is 758 g/mol. The summed E-state index contributed by atoms with van der Waals surface area (Å²) in [6.07, 6.45) is 3.34. The maximum absolute atomic E-state index is 14.3. The third-order valence-corrected chi connectivity index (χ3v) is 9.60. The fraction of sp³-hybridized carbons (Fsp3) is 0.344. The second-order valence-electron chi connectivity index (χ2n) is 11.5. The zero-order chi connectivity index (χ0) is 34.1. The number of alkyl halides is 2. The number of hydrogen-bond acceptors (Lipinski definition) is 8. The van der Waals surface area contributed by atoms with Gasteiger partial charge in [0, 0.05) is 45.1 Å². The number of oxime groups is 1. The molecule has 0 saturated heterocycles. The van der Waals surface area contributed by atoms with E-state index in [0.29, 0.717) is 35.4 Å². The Morgan fingerprint density at radius 1 is 1.02 bits per heavy atom. The summed E-state index contributed by atoms with van der Waals surface area (Å²) in [6.45, 7) is -0.463. The van der Waals surface area contributed by atoms with Gasteiger partial charge in [-0.05, 0) is 53.8 Å². The number of benzene rings is 3. The Morgan fingerprint density at radius 2 is 1.71 bits per heavy atom. The predicted octanol–water partition coefficient (Wildman–Crippen LogP) is -2.13. The van der Waals surface area contributed by atoms with Crippen LogP contribution in [0.25, 0.3) is 0 Å². The fourth-order valence-corrected chi connectivity index (χ4v) is 7.66.